The SMILES string of the molecule is CN1C(c2cccc(-c3cccc4c3c3cc(-c5ccc6c(c5)c5ccccc5n6-c5ccccc5)ccc3n4-c3ccccc3)c2)=NC(c2ccccc2)=NC1c1ccccc1. The first kappa shape index (κ1) is 36.6. The third-order valence-electron chi connectivity index (χ3n) is 12.5. The number of aliphatic imine (C=N–C) groups is 2. The number of para-hydroxylation sites is 3. The topological polar surface area (TPSA) is 37.8 Å². The van der Waals surface area contributed by atoms with Crippen molar-refractivity contribution < 1.29 is 0 Å². The molecule has 0 saturated carbocycles. The Morgan fingerprint density at radius 2 is 0.905 bits per heavy atom. The molecule has 0 N–H and O–H groups in total. The minimum absolute atomic E-state index is 0.225. The van der Waals surface area contributed by atoms with E-state index in [0.29, 0.717) is 0 Å². The van der Waals surface area contributed by atoms with Crippen LogP contribution in [0.25, 0.3) is 77.2 Å². The largest absolute Gasteiger partial charge is 0.333 e. The minimum Gasteiger partial charge on any atom is -0.333 e. The Labute approximate surface area is 365 Å². The molecule has 0 aliphatic carbocycles. The van der Waals surface area contributed by atoms with Gasteiger partial charge in [-0.2, -0.15) is 0 Å². The van der Waals surface area contributed by atoms with Gasteiger partial charge in [-0.3, -0.25) is 0 Å². The van der Waals surface area contributed by atoms with Gasteiger partial charge in [0.25, 0.3) is 0 Å². The van der Waals surface area contributed by atoms with Crippen LogP contribution in [0.2, 0.25) is 0 Å². The summed E-state index contributed by atoms with van der Waals surface area (Å²) in [6, 6.07) is 80.4. The van der Waals surface area contributed by atoms with Gasteiger partial charge < -0.3 is 14.0 Å². The maximum absolute atomic E-state index is 5.26. The van der Waals surface area contributed by atoms with E-state index < -0.39 is 0 Å². The molecule has 12 rings (SSSR count). The molecule has 2 aromatic heterocycles. The van der Waals surface area contributed by atoms with Crippen molar-refractivity contribution in [2.24, 2.45) is 9.98 Å². The van der Waals surface area contributed by atoms with Crippen molar-refractivity contribution in [2.45, 2.75) is 6.17 Å². The van der Waals surface area contributed by atoms with Gasteiger partial charge in [0, 0.05) is 51.1 Å². The highest BCUT2D eigenvalue weighted by Crippen LogP contribution is 2.42. The summed E-state index contributed by atoms with van der Waals surface area (Å²) in [7, 11) is 2.10. The van der Waals surface area contributed by atoms with Crippen molar-refractivity contribution in [3.63, 3.8) is 0 Å². The van der Waals surface area contributed by atoms with Crippen LogP contribution in [0.1, 0.15) is 22.9 Å². The molecule has 9 aromatic carbocycles. The maximum Gasteiger partial charge on any atom is 0.159 e. The van der Waals surface area contributed by atoms with Gasteiger partial charge in [-0.15, -0.1) is 0 Å². The fourth-order valence-electron chi connectivity index (χ4n) is 9.62. The third-order valence-corrected chi connectivity index (χ3v) is 12.5. The van der Waals surface area contributed by atoms with E-state index in [1.807, 2.05) is 18.2 Å². The molecule has 1 aliphatic rings. The first-order valence-electron chi connectivity index (χ1n) is 21.5. The molecule has 5 heteroatoms. The Balaban J connectivity index is 1.03. The molecule has 0 saturated heterocycles. The highest BCUT2D eigenvalue weighted by Gasteiger charge is 2.27. The van der Waals surface area contributed by atoms with Gasteiger partial charge in [0.1, 0.15) is 12.0 Å². The summed E-state index contributed by atoms with van der Waals surface area (Å²) >= 11 is 0. The van der Waals surface area contributed by atoms with Crippen LogP contribution in [0, 0.1) is 0 Å². The van der Waals surface area contributed by atoms with E-state index in [4.69, 9.17) is 9.98 Å². The van der Waals surface area contributed by atoms with Crippen molar-refractivity contribution in [1.82, 2.24) is 14.0 Å². The average Bonchev–Trinajstić information content (AvgIpc) is 3.87. The number of benzene rings is 9. The molecule has 63 heavy (non-hydrogen) atoms. The van der Waals surface area contributed by atoms with Crippen LogP contribution in [0.3, 0.4) is 0 Å². The minimum atomic E-state index is -0.225. The lowest BCUT2D eigenvalue weighted by molar-refractivity contribution is 0.383. The van der Waals surface area contributed by atoms with E-state index in [0.717, 1.165) is 56.3 Å². The molecule has 11 aromatic rings. The van der Waals surface area contributed by atoms with Gasteiger partial charge in [0.05, 0.1) is 22.1 Å². The summed E-state index contributed by atoms with van der Waals surface area (Å²) < 4.78 is 4.78. The summed E-state index contributed by atoms with van der Waals surface area (Å²) in [5.41, 5.74) is 14.8. The molecule has 1 unspecified atom stereocenters. The van der Waals surface area contributed by atoms with Crippen LogP contribution in [-0.4, -0.2) is 32.8 Å². The smallest absolute Gasteiger partial charge is 0.159 e. The highest BCUT2D eigenvalue weighted by atomic mass is 15.3. The van der Waals surface area contributed by atoms with Crippen LogP contribution in [0.4, 0.5) is 0 Å². The summed E-state index contributed by atoms with van der Waals surface area (Å²) in [6.07, 6.45) is -0.225. The lowest BCUT2D eigenvalue weighted by atomic mass is 9.95. The molecule has 1 atom stereocenters. The number of fused-ring (bicyclic) bond motifs is 6. The van der Waals surface area contributed by atoms with Gasteiger partial charge in [0.2, 0.25) is 0 Å². The van der Waals surface area contributed by atoms with E-state index in [1.165, 1.54) is 49.3 Å². The summed E-state index contributed by atoms with van der Waals surface area (Å²) in [5.74, 6) is 1.61. The predicted molar refractivity (Wildman–Crippen MR) is 262 cm³/mol. The van der Waals surface area contributed by atoms with Crippen molar-refractivity contribution in [3.05, 3.63) is 241 Å². The second-order valence-electron chi connectivity index (χ2n) is 16.3. The number of aromatic nitrogens is 2. The zero-order chi connectivity index (χ0) is 41.9. The van der Waals surface area contributed by atoms with Crippen LogP contribution in [0.15, 0.2) is 234 Å². The first-order valence-corrected chi connectivity index (χ1v) is 21.5. The normalized spacial score (nSPS) is 14.1. The van der Waals surface area contributed by atoms with Crippen LogP contribution < -0.4 is 0 Å². The number of amidine groups is 2. The molecular formula is C58H41N5. The quantitative estimate of drug-likeness (QED) is 0.158. The van der Waals surface area contributed by atoms with Gasteiger partial charge in [-0.05, 0) is 94.5 Å². The average molecular weight is 808 g/mol. The second-order valence-corrected chi connectivity index (χ2v) is 16.3. The molecule has 0 fully saturated rings. The van der Waals surface area contributed by atoms with Crippen molar-refractivity contribution in [2.75, 3.05) is 7.05 Å². The van der Waals surface area contributed by atoms with Crippen LogP contribution >= 0.6 is 0 Å². The maximum atomic E-state index is 5.26. The van der Waals surface area contributed by atoms with Crippen LogP contribution in [0.5, 0.6) is 0 Å². The van der Waals surface area contributed by atoms with Crippen LogP contribution in [-0.2, 0) is 0 Å². The van der Waals surface area contributed by atoms with Gasteiger partial charge in [-0.25, -0.2) is 9.98 Å². The van der Waals surface area contributed by atoms with Crippen molar-refractivity contribution >= 4 is 55.3 Å². The Hall–Kier alpha value is -8.28. The number of rotatable bonds is 7. The number of nitrogens with zero attached hydrogens (tertiary/aromatic N) is 5. The molecule has 0 amide bonds. The Morgan fingerprint density at radius 3 is 1.62 bits per heavy atom. The van der Waals surface area contributed by atoms with Gasteiger partial charge in [0.15, 0.2) is 5.84 Å². The van der Waals surface area contributed by atoms with E-state index in [1.54, 1.807) is 0 Å². The fourth-order valence-corrected chi connectivity index (χ4v) is 9.62. The zero-order valence-corrected chi connectivity index (χ0v) is 34.7. The number of hydrogen-bond donors (Lipinski definition) is 0. The van der Waals surface area contributed by atoms with E-state index in [2.05, 4.69) is 227 Å². The molecule has 298 valence electrons. The van der Waals surface area contributed by atoms with Gasteiger partial charge in [-0.1, -0.05) is 158 Å². The summed E-state index contributed by atoms with van der Waals surface area (Å²) in [5, 5.41) is 4.90. The zero-order valence-electron chi connectivity index (χ0n) is 34.7. The van der Waals surface area contributed by atoms with Crippen molar-refractivity contribution in [3.8, 4) is 33.6 Å². The lowest BCUT2D eigenvalue weighted by Gasteiger charge is -2.32. The second kappa shape index (κ2) is 15.0. The molecule has 0 radical (unpaired) electrons. The lowest BCUT2D eigenvalue weighted by Crippen LogP contribution is -2.35. The predicted octanol–water partition coefficient (Wildman–Crippen LogP) is 14.1. The molecule has 0 bridgehead atoms. The monoisotopic (exact) mass is 807 g/mol. The van der Waals surface area contributed by atoms with E-state index in [9.17, 15) is 0 Å². The standard InChI is InChI=1S/C58H41N5/c1-61-57(40-20-8-3-9-21-40)59-56(39-18-6-2-7-19-39)60-58(61)44-23-16-22-43(36-44)47-29-17-31-54-55(47)50-38-42(33-35-53(50)63(54)46-26-12-5-13-27-46)41-32-34-52-49(37-41)48-28-14-15-30-51(48)62(52)45-24-10-4-11-25-45/h2-38,57H,1H3. The molecular weight excluding hydrogens is 767 g/mol. The summed E-state index contributed by atoms with van der Waals surface area (Å²) in [6.45, 7) is 0. The molecule has 0 spiro atoms. The molecule has 5 nitrogen and oxygen atoms in total. The van der Waals surface area contributed by atoms with E-state index in [-0.39, 0.29) is 6.17 Å². The van der Waals surface area contributed by atoms with Gasteiger partial charge >= 0.3 is 0 Å². The third kappa shape index (κ3) is 6.16. The first-order chi connectivity index (χ1) is 31.2. The molecule has 3 heterocycles. The van der Waals surface area contributed by atoms with E-state index >= 15 is 0 Å². The highest BCUT2D eigenvalue weighted by molar-refractivity contribution is 6.18. The fraction of sp³-hybridized carbons (Fsp3) is 0.0345. The Kier molecular flexibility index (Phi) is 8.71. The summed E-state index contributed by atoms with van der Waals surface area (Å²) in [4.78, 5) is 12.7. The Morgan fingerprint density at radius 1 is 0.381 bits per heavy atom. The Bertz CT molecular complexity index is 3570. The molecule has 1 aliphatic heterocycles. The number of hydrogen-bond acceptors (Lipinski definition) is 3. The van der Waals surface area contributed by atoms with Crippen molar-refractivity contribution in [1.29, 1.82) is 0 Å².